The summed E-state index contributed by atoms with van der Waals surface area (Å²) in [6.45, 7) is 2.03. The van der Waals surface area contributed by atoms with E-state index >= 15 is 0 Å². The highest BCUT2D eigenvalue weighted by Crippen LogP contribution is 2.26. The van der Waals surface area contributed by atoms with Gasteiger partial charge in [0.25, 0.3) is 5.69 Å². The average Bonchev–Trinajstić information content (AvgIpc) is 2.38. The third-order valence-corrected chi connectivity index (χ3v) is 3.28. The molecule has 1 N–H and O–H groups in total. The minimum atomic E-state index is -0.463. The second kappa shape index (κ2) is 6.87. The molecule has 0 bridgehead atoms. The number of rotatable bonds is 6. The van der Waals surface area contributed by atoms with Gasteiger partial charge in [0, 0.05) is 17.9 Å². The zero-order valence-corrected chi connectivity index (χ0v) is 11.2. The molecule has 0 spiro atoms. The number of hydrogen-bond donors (Lipinski definition) is 1. The first-order valence-corrected chi connectivity index (χ1v) is 6.95. The van der Waals surface area contributed by atoms with E-state index in [0.717, 1.165) is 12.2 Å². The average molecular weight is 265 g/mol. The Morgan fingerprint density at radius 1 is 1.61 bits per heavy atom. The lowest BCUT2D eigenvalue weighted by molar-refractivity contribution is -0.384. The minimum absolute atomic E-state index is 0.0476. The van der Waals surface area contributed by atoms with Crippen molar-refractivity contribution in [3.8, 4) is 6.07 Å². The van der Waals surface area contributed by atoms with E-state index in [1.807, 2.05) is 19.2 Å². The summed E-state index contributed by atoms with van der Waals surface area (Å²) in [7, 11) is 0. The van der Waals surface area contributed by atoms with Gasteiger partial charge in [-0.05, 0) is 24.8 Å². The monoisotopic (exact) mass is 265 g/mol. The zero-order chi connectivity index (χ0) is 13.5. The van der Waals surface area contributed by atoms with Crippen LogP contribution in [-0.4, -0.2) is 23.0 Å². The maximum Gasteiger partial charge on any atom is 0.293 e. The van der Waals surface area contributed by atoms with Gasteiger partial charge in [0.2, 0.25) is 0 Å². The lowest BCUT2D eigenvalue weighted by atomic mass is 10.1. The van der Waals surface area contributed by atoms with Crippen LogP contribution in [0.2, 0.25) is 0 Å². The van der Waals surface area contributed by atoms with Crippen molar-refractivity contribution in [1.29, 1.82) is 5.26 Å². The molecule has 5 nitrogen and oxygen atoms in total. The lowest BCUT2D eigenvalue weighted by Crippen LogP contribution is -2.21. The molecule has 1 unspecified atom stereocenters. The molecule has 6 heteroatoms. The van der Waals surface area contributed by atoms with Gasteiger partial charge >= 0.3 is 0 Å². The summed E-state index contributed by atoms with van der Waals surface area (Å²) in [5.74, 6) is 0.883. The molecule has 1 aromatic rings. The quantitative estimate of drug-likeness (QED) is 0.631. The molecule has 18 heavy (non-hydrogen) atoms. The first-order valence-electron chi connectivity index (χ1n) is 5.56. The Balaban J connectivity index is 3.01. The molecular weight excluding hydrogens is 250 g/mol. The van der Waals surface area contributed by atoms with E-state index in [-0.39, 0.29) is 11.7 Å². The van der Waals surface area contributed by atoms with Gasteiger partial charge in [0.15, 0.2) is 0 Å². The summed E-state index contributed by atoms with van der Waals surface area (Å²) < 4.78 is 0. The SMILES string of the molecule is CCC(CSC)Nc1ccc(C#N)cc1[N+](=O)[O-]. The lowest BCUT2D eigenvalue weighted by Gasteiger charge is -2.17. The second-order valence-corrected chi connectivity index (χ2v) is 4.72. The molecule has 96 valence electrons. The minimum Gasteiger partial charge on any atom is -0.376 e. The number of nitriles is 1. The van der Waals surface area contributed by atoms with Crippen LogP contribution in [0.5, 0.6) is 0 Å². The molecule has 1 rings (SSSR count). The Kier molecular flexibility index (Phi) is 5.46. The topological polar surface area (TPSA) is 79.0 Å². The first-order chi connectivity index (χ1) is 8.62. The number of thioether (sulfide) groups is 1. The number of nitro benzene ring substituents is 1. The van der Waals surface area contributed by atoms with Gasteiger partial charge in [-0.2, -0.15) is 17.0 Å². The van der Waals surface area contributed by atoms with Crippen LogP contribution in [0.1, 0.15) is 18.9 Å². The van der Waals surface area contributed by atoms with Gasteiger partial charge in [-0.3, -0.25) is 10.1 Å². The Bertz CT molecular complexity index is 471. The number of hydrogen-bond acceptors (Lipinski definition) is 5. The van der Waals surface area contributed by atoms with Gasteiger partial charge < -0.3 is 5.32 Å². The van der Waals surface area contributed by atoms with Gasteiger partial charge in [-0.1, -0.05) is 6.92 Å². The highest BCUT2D eigenvalue weighted by Gasteiger charge is 2.17. The van der Waals surface area contributed by atoms with Gasteiger partial charge in [-0.25, -0.2) is 0 Å². The van der Waals surface area contributed by atoms with Crippen LogP contribution in [0.4, 0.5) is 11.4 Å². The zero-order valence-electron chi connectivity index (χ0n) is 10.3. The number of benzene rings is 1. The van der Waals surface area contributed by atoms with Crippen molar-refractivity contribution < 1.29 is 4.92 Å². The molecule has 0 fully saturated rings. The normalized spacial score (nSPS) is 11.6. The molecule has 1 atom stereocenters. The Hall–Kier alpha value is -1.74. The first kappa shape index (κ1) is 14.3. The predicted octanol–water partition coefficient (Wildman–Crippen LogP) is 3.02. The molecule has 0 heterocycles. The smallest absolute Gasteiger partial charge is 0.293 e. The molecule has 0 radical (unpaired) electrons. The molecule has 1 aromatic carbocycles. The van der Waals surface area contributed by atoms with Gasteiger partial charge in [0.1, 0.15) is 5.69 Å². The van der Waals surface area contributed by atoms with Crippen LogP contribution in [-0.2, 0) is 0 Å². The predicted molar refractivity (Wildman–Crippen MR) is 73.9 cm³/mol. The summed E-state index contributed by atoms with van der Waals surface area (Å²) in [6, 6.07) is 6.57. The van der Waals surface area contributed by atoms with Crippen molar-refractivity contribution in [3.63, 3.8) is 0 Å². The van der Waals surface area contributed by atoms with Crippen LogP contribution in [0.25, 0.3) is 0 Å². The molecule has 0 saturated heterocycles. The Labute approximate surface area is 110 Å². The molecule has 0 aromatic heterocycles. The summed E-state index contributed by atoms with van der Waals surface area (Å²) in [6.07, 6.45) is 2.88. The third-order valence-electron chi connectivity index (χ3n) is 2.54. The van der Waals surface area contributed by atoms with Crippen molar-refractivity contribution >= 4 is 23.1 Å². The maximum atomic E-state index is 11.0. The van der Waals surface area contributed by atoms with Crippen molar-refractivity contribution in [1.82, 2.24) is 0 Å². The van der Waals surface area contributed by atoms with E-state index in [1.165, 1.54) is 6.07 Å². The molecule has 0 aliphatic carbocycles. The molecule has 0 saturated carbocycles. The van der Waals surface area contributed by atoms with Crippen LogP contribution >= 0.6 is 11.8 Å². The van der Waals surface area contributed by atoms with Crippen LogP contribution in [0.3, 0.4) is 0 Å². The van der Waals surface area contributed by atoms with E-state index in [4.69, 9.17) is 5.26 Å². The Morgan fingerprint density at radius 2 is 2.33 bits per heavy atom. The van der Waals surface area contributed by atoms with Crippen LogP contribution in [0.15, 0.2) is 18.2 Å². The van der Waals surface area contributed by atoms with Gasteiger partial charge in [0.05, 0.1) is 16.6 Å². The highest BCUT2D eigenvalue weighted by atomic mass is 32.2. The third kappa shape index (κ3) is 3.64. The van der Waals surface area contributed by atoms with Crippen LogP contribution in [0, 0.1) is 21.4 Å². The van der Waals surface area contributed by atoms with E-state index < -0.39 is 4.92 Å². The fourth-order valence-corrected chi connectivity index (χ4v) is 2.28. The van der Waals surface area contributed by atoms with Crippen molar-refractivity contribution in [2.75, 3.05) is 17.3 Å². The van der Waals surface area contributed by atoms with E-state index in [9.17, 15) is 10.1 Å². The summed E-state index contributed by atoms with van der Waals surface area (Å²) in [5, 5.41) is 22.9. The second-order valence-electron chi connectivity index (χ2n) is 3.81. The number of nitrogens with zero attached hydrogens (tertiary/aromatic N) is 2. The molecular formula is C12H15N3O2S. The van der Waals surface area contributed by atoms with Crippen LogP contribution < -0.4 is 5.32 Å². The Morgan fingerprint density at radius 3 is 2.83 bits per heavy atom. The van der Waals surface area contributed by atoms with Crippen molar-refractivity contribution in [3.05, 3.63) is 33.9 Å². The fourth-order valence-electron chi connectivity index (χ4n) is 1.56. The number of anilines is 1. The summed E-state index contributed by atoms with van der Waals surface area (Å²) in [4.78, 5) is 10.5. The van der Waals surface area contributed by atoms with Crippen molar-refractivity contribution in [2.45, 2.75) is 19.4 Å². The molecule has 0 aliphatic rings. The van der Waals surface area contributed by atoms with Crippen molar-refractivity contribution in [2.24, 2.45) is 0 Å². The van der Waals surface area contributed by atoms with E-state index in [0.29, 0.717) is 11.3 Å². The number of nitro groups is 1. The summed E-state index contributed by atoms with van der Waals surface area (Å²) >= 11 is 1.69. The fraction of sp³-hybridized carbons (Fsp3) is 0.417. The maximum absolute atomic E-state index is 11.0. The number of nitrogens with one attached hydrogen (secondary N) is 1. The largest absolute Gasteiger partial charge is 0.376 e. The van der Waals surface area contributed by atoms with Gasteiger partial charge in [-0.15, -0.1) is 0 Å². The standard InChI is InChI=1S/C12H15N3O2S/c1-3-10(8-18-2)14-11-5-4-9(7-13)6-12(11)15(16)17/h4-6,10,14H,3,8H2,1-2H3. The van der Waals surface area contributed by atoms with E-state index in [1.54, 1.807) is 23.9 Å². The highest BCUT2D eigenvalue weighted by molar-refractivity contribution is 7.98. The molecule has 0 amide bonds. The van der Waals surface area contributed by atoms with E-state index in [2.05, 4.69) is 5.32 Å². The summed E-state index contributed by atoms with van der Waals surface area (Å²) in [5.41, 5.74) is 0.721. The molecule has 0 aliphatic heterocycles.